The standard InChI is InChI=1S/C18H15F4N3O2S/c19-14-6-12(8-23)5-13(7-14)17-24-16(18(20,21)22)9-25(17)15-3-1-11(2-4-15)10-28(26)27/h1-7,9H,8,10,23H2,(H,26,27)/p-1. The highest BCUT2D eigenvalue weighted by Crippen LogP contribution is 2.33. The molecule has 0 amide bonds. The summed E-state index contributed by atoms with van der Waals surface area (Å²) in [5.74, 6) is -0.967. The van der Waals surface area contributed by atoms with Crippen molar-refractivity contribution in [3.63, 3.8) is 0 Å². The van der Waals surface area contributed by atoms with Crippen LogP contribution in [0, 0.1) is 5.82 Å². The van der Waals surface area contributed by atoms with Gasteiger partial charge in [-0.05, 0) is 41.5 Å². The zero-order valence-corrected chi connectivity index (χ0v) is 15.1. The molecule has 0 saturated heterocycles. The SMILES string of the molecule is NCc1cc(F)cc(-c2nc(C(F)(F)F)cn2-c2ccc(CS(=O)[O-])cc2)c1. The zero-order chi connectivity index (χ0) is 20.5. The first-order valence-electron chi connectivity index (χ1n) is 7.99. The highest BCUT2D eigenvalue weighted by molar-refractivity contribution is 7.78. The second kappa shape index (κ2) is 7.82. The Bertz CT molecular complexity index is 1020. The Labute approximate surface area is 160 Å². The minimum atomic E-state index is -4.69. The van der Waals surface area contributed by atoms with Crippen molar-refractivity contribution in [2.24, 2.45) is 5.73 Å². The van der Waals surface area contributed by atoms with Gasteiger partial charge in [-0.2, -0.15) is 13.2 Å². The van der Waals surface area contributed by atoms with Crippen LogP contribution in [0.25, 0.3) is 17.1 Å². The highest BCUT2D eigenvalue weighted by atomic mass is 32.2. The Kier molecular flexibility index (Phi) is 5.64. The van der Waals surface area contributed by atoms with Gasteiger partial charge in [-0.3, -0.25) is 8.78 Å². The first-order chi connectivity index (χ1) is 13.2. The molecule has 3 aromatic rings. The smallest absolute Gasteiger partial charge is 0.434 e. The van der Waals surface area contributed by atoms with Gasteiger partial charge in [0, 0.05) is 29.7 Å². The third-order valence-corrected chi connectivity index (χ3v) is 4.52. The molecule has 0 saturated carbocycles. The molecule has 3 rings (SSSR count). The van der Waals surface area contributed by atoms with Gasteiger partial charge in [0.05, 0.1) is 0 Å². The van der Waals surface area contributed by atoms with E-state index < -0.39 is 28.8 Å². The van der Waals surface area contributed by atoms with Gasteiger partial charge in [0.2, 0.25) is 0 Å². The van der Waals surface area contributed by atoms with Crippen molar-refractivity contribution in [1.82, 2.24) is 9.55 Å². The van der Waals surface area contributed by atoms with Crippen LogP contribution in [0.5, 0.6) is 0 Å². The third-order valence-electron chi connectivity index (χ3n) is 3.95. The molecular weight excluding hydrogens is 398 g/mol. The summed E-state index contributed by atoms with van der Waals surface area (Å²) in [6.07, 6.45) is -3.88. The number of nitrogens with two attached hydrogens (primary N) is 1. The summed E-state index contributed by atoms with van der Waals surface area (Å²) in [5, 5.41) is 0. The topological polar surface area (TPSA) is 84.0 Å². The fraction of sp³-hybridized carbons (Fsp3) is 0.167. The molecular formula is C18H14F4N3O2S-. The Morgan fingerprint density at radius 3 is 2.36 bits per heavy atom. The van der Waals surface area contributed by atoms with Crippen molar-refractivity contribution in [1.29, 1.82) is 0 Å². The van der Waals surface area contributed by atoms with Crippen LogP contribution in [0.1, 0.15) is 16.8 Å². The number of nitrogens with zero attached hydrogens (tertiary/aromatic N) is 2. The quantitative estimate of drug-likeness (QED) is 0.513. The lowest BCUT2D eigenvalue weighted by Gasteiger charge is -2.11. The van der Waals surface area contributed by atoms with Crippen molar-refractivity contribution in [3.8, 4) is 17.1 Å². The number of alkyl halides is 3. The Hall–Kier alpha value is -2.56. The molecule has 1 atom stereocenters. The lowest BCUT2D eigenvalue weighted by atomic mass is 10.1. The van der Waals surface area contributed by atoms with E-state index in [0.717, 1.165) is 12.3 Å². The predicted octanol–water partition coefficient (Wildman–Crippen LogP) is 3.54. The maximum Gasteiger partial charge on any atom is 0.434 e. The van der Waals surface area contributed by atoms with Gasteiger partial charge in [0.1, 0.15) is 11.6 Å². The third kappa shape index (κ3) is 4.46. The fourth-order valence-electron chi connectivity index (χ4n) is 2.70. The largest absolute Gasteiger partial charge is 0.772 e. The van der Waals surface area contributed by atoms with Crippen molar-refractivity contribution in [3.05, 3.63) is 71.3 Å². The first-order valence-corrected chi connectivity index (χ1v) is 9.23. The lowest BCUT2D eigenvalue weighted by molar-refractivity contribution is -0.140. The van der Waals surface area contributed by atoms with Crippen LogP contribution < -0.4 is 5.73 Å². The van der Waals surface area contributed by atoms with E-state index in [1.54, 1.807) is 0 Å². The molecule has 0 radical (unpaired) electrons. The van der Waals surface area contributed by atoms with Gasteiger partial charge >= 0.3 is 6.18 Å². The average Bonchev–Trinajstić information content (AvgIpc) is 3.07. The molecule has 1 aromatic heterocycles. The average molecular weight is 412 g/mol. The summed E-state index contributed by atoms with van der Waals surface area (Å²) in [6.45, 7) is 0.0125. The summed E-state index contributed by atoms with van der Waals surface area (Å²) in [5.41, 5.74) is 5.73. The Morgan fingerprint density at radius 1 is 1.11 bits per heavy atom. The van der Waals surface area contributed by atoms with Crippen LogP contribution in [-0.4, -0.2) is 18.3 Å². The Morgan fingerprint density at radius 2 is 1.79 bits per heavy atom. The number of halogens is 4. The van der Waals surface area contributed by atoms with Crippen LogP contribution in [0.3, 0.4) is 0 Å². The van der Waals surface area contributed by atoms with Crippen LogP contribution in [0.2, 0.25) is 0 Å². The molecule has 0 fully saturated rings. The van der Waals surface area contributed by atoms with Crippen LogP contribution in [0.15, 0.2) is 48.7 Å². The minimum absolute atomic E-state index is 0.0125. The van der Waals surface area contributed by atoms with Crippen LogP contribution in [-0.2, 0) is 29.6 Å². The van der Waals surface area contributed by atoms with Crippen molar-refractivity contribution < 1.29 is 26.3 Å². The number of hydrogen-bond acceptors (Lipinski definition) is 4. The van der Waals surface area contributed by atoms with Crippen LogP contribution >= 0.6 is 0 Å². The monoisotopic (exact) mass is 412 g/mol. The second-order valence-electron chi connectivity index (χ2n) is 5.98. The second-order valence-corrected chi connectivity index (χ2v) is 6.88. The summed E-state index contributed by atoms with van der Waals surface area (Å²) in [7, 11) is 0. The summed E-state index contributed by atoms with van der Waals surface area (Å²) in [6, 6.07) is 9.65. The maximum atomic E-state index is 13.9. The molecule has 0 aliphatic rings. The number of aromatic nitrogens is 2. The molecule has 1 heterocycles. The lowest BCUT2D eigenvalue weighted by Crippen LogP contribution is -2.05. The van der Waals surface area contributed by atoms with Gasteiger partial charge < -0.3 is 10.3 Å². The molecule has 0 aliphatic heterocycles. The van der Waals surface area contributed by atoms with E-state index in [0.29, 0.717) is 16.8 Å². The molecule has 148 valence electrons. The molecule has 10 heteroatoms. The minimum Gasteiger partial charge on any atom is -0.772 e. The molecule has 5 nitrogen and oxygen atoms in total. The van der Waals surface area contributed by atoms with E-state index in [9.17, 15) is 26.3 Å². The van der Waals surface area contributed by atoms with E-state index >= 15 is 0 Å². The maximum absolute atomic E-state index is 13.9. The number of rotatable bonds is 5. The molecule has 0 spiro atoms. The summed E-state index contributed by atoms with van der Waals surface area (Å²) >= 11 is -2.29. The van der Waals surface area contributed by atoms with E-state index in [-0.39, 0.29) is 23.7 Å². The van der Waals surface area contributed by atoms with E-state index in [1.165, 1.54) is 41.0 Å². The molecule has 2 N–H and O–H groups in total. The van der Waals surface area contributed by atoms with Gasteiger partial charge in [-0.1, -0.05) is 23.2 Å². The van der Waals surface area contributed by atoms with E-state index in [1.807, 2.05) is 0 Å². The summed E-state index contributed by atoms with van der Waals surface area (Å²) in [4.78, 5) is 3.65. The number of imidazole rings is 1. The van der Waals surface area contributed by atoms with Gasteiger partial charge in [0.15, 0.2) is 5.69 Å². The van der Waals surface area contributed by atoms with Crippen LogP contribution in [0.4, 0.5) is 17.6 Å². The predicted molar refractivity (Wildman–Crippen MR) is 94.5 cm³/mol. The first kappa shape index (κ1) is 20.2. The molecule has 2 aromatic carbocycles. The molecule has 0 bridgehead atoms. The normalized spacial score (nSPS) is 12.9. The van der Waals surface area contributed by atoms with Gasteiger partial charge in [-0.25, -0.2) is 9.37 Å². The zero-order valence-electron chi connectivity index (χ0n) is 14.2. The molecule has 0 aliphatic carbocycles. The van der Waals surface area contributed by atoms with E-state index in [2.05, 4.69) is 4.98 Å². The Balaban J connectivity index is 2.14. The van der Waals surface area contributed by atoms with Gasteiger partial charge in [-0.15, -0.1) is 0 Å². The fourth-order valence-corrected chi connectivity index (χ4v) is 3.17. The highest BCUT2D eigenvalue weighted by Gasteiger charge is 2.35. The van der Waals surface area contributed by atoms with E-state index in [4.69, 9.17) is 5.73 Å². The number of benzene rings is 2. The van der Waals surface area contributed by atoms with Crippen molar-refractivity contribution in [2.75, 3.05) is 0 Å². The number of hydrogen-bond donors (Lipinski definition) is 1. The summed E-state index contributed by atoms with van der Waals surface area (Å²) < 4.78 is 76.2. The van der Waals surface area contributed by atoms with Crippen molar-refractivity contribution in [2.45, 2.75) is 18.5 Å². The van der Waals surface area contributed by atoms with Gasteiger partial charge in [0.25, 0.3) is 0 Å². The van der Waals surface area contributed by atoms with Crippen molar-refractivity contribution >= 4 is 11.1 Å². The molecule has 1 unspecified atom stereocenters. The molecule has 28 heavy (non-hydrogen) atoms.